The van der Waals surface area contributed by atoms with Crippen LogP contribution in [0.4, 0.5) is 11.1 Å². The van der Waals surface area contributed by atoms with Gasteiger partial charge in [0.05, 0.1) is 0 Å². The monoisotopic (exact) mass is 303 g/mol. The van der Waals surface area contributed by atoms with E-state index in [1.54, 1.807) is 12.4 Å². The second kappa shape index (κ2) is 6.17. The summed E-state index contributed by atoms with van der Waals surface area (Å²) >= 11 is 1.44. The molecule has 0 aliphatic carbocycles. The van der Waals surface area contributed by atoms with E-state index in [4.69, 9.17) is 0 Å². The zero-order chi connectivity index (χ0) is 14.7. The number of nitrogens with one attached hydrogen (secondary N) is 1. The van der Waals surface area contributed by atoms with E-state index in [-0.39, 0.29) is 11.8 Å². The lowest BCUT2D eigenvalue weighted by Crippen LogP contribution is -2.39. The third-order valence-electron chi connectivity index (χ3n) is 3.59. The molecule has 3 rings (SSSR count). The van der Waals surface area contributed by atoms with E-state index in [1.165, 1.54) is 11.3 Å². The number of aryl methyl sites for hydroxylation is 1. The van der Waals surface area contributed by atoms with E-state index in [1.807, 2.05) is 18.4 Å². The first-order chi connectivity index (χ1) is 10.2. The number of amides is 1. The second-order valence-corrected chi connectivity index (χ2v) is 5.98. The maximum Gasteiger partial charge on any atom is 0.229 e. The second-order valence-electron chi connectivity index (χ2n) is 5.09. The first-order valence-electron chi connectivity index (χ1n) is 6.97. The molecule has 0 bridgehead atoms. The van der Waals surface area contributed by atoms with Gasteiger partial charge in [-0.2, -0.15) is 0 Å². The van der Waals surface area contributed by atoms with Crippen LogP contribution in [0.25, 0.3) is 0 Å². The third kappa shape index (κ3) is 3.36. The number of aromatic nitrogens is 3. The number of carbonyl (C=O) groups is 1. The Bertz CT molecular complexity index is 608. The van der Waals surface area contributed by atoms with Gasteiger partial charge in [0.2, 0.25) is 11.9 Å². The Labute approximate surface area is 127 Å². The van der Waals surface area contributed by atoms with Crippen LogP contribution in [0.5, 0.6) is 0 Å². The number of anilines is 2. The van der Waals surface area contributed by atoms with Gasteiger partial charge in [-0.3, -0.25) is 4.79 Å². The number of carbonyl (C=O) groups excluding carboxylic acids is 1. The maximum absolute atomic E-state index is 12.2. The Morgan fingerprint density at radius 2 is 2.14 bits per heavy atom. The van der Waals surface area contributed by atoms with Gasteiger partial charge in [0.15, 0.2) is 5.13 Å². The fourth-order valence-electron chi connectivity index (χ4n) is 2.42. The van der Waals surface area contributed by atoms with Gasteiger partial charge in [0.1, 0.15) is 0 Å². The number of nitrogens with zero attached hydrogens (tertiary/aromatic N) is 4. The predicted molar refractivity (Wildman–Crippen MR) is 82.4 cm³/mol. The van der Waals surface area contributed by atoms with Crippen LogP contribution in [-0.2, 0) is 4.79 Å². The number of rotatable bonds is 3. The van der Waals surface area contributed by atoms with Crippen molar-refractivity contribution >= 4 is 28.3 Å². The molecular weight excluding hydrogens is 286 g/mol. The van der Waals surface area contributed by atoms with Crippen molar-refractivity contribution in [3.05, 3.63) is 29.5 Å². The van der Waals surface area contributed by atoms with E-state index in [0.717, 1.165) is 37.6 Å². The van der Waals surface area contributed by atoms with Crippen molar-refractivity contribution in [3.63, 3.8) is 0 Å². The summed E-state index contributed by atoms with van der Waals surface area (Å²) in [4.78, 5) is 27.1. The highest BCUT2D eigenvalue weighted by Crippen LogP contribution is 2.22. The van der Waals surface area contributed by atoms with Crippen molar-refractivity contribution in [1.82, 2.24) is 15.0 Å². The normalized spacial score (nSPS) is 16.0. The van der Waals surface area contributed by atoms with E-state index >= 15 is 0 Å². The third-order valence-corrected chi connectivity index (χ3v) is 4.28. The molecule has 0 spiro atoms. The van der Waals surface area contributed by atoms with Crippen molar-refractivity contribution in [2.24, 2.45) is 5.92 Å². The van der Waals surface area contributed by atoms with E-state index < -0.39 is 0 Å². The molecular formula is C14H17N5OS. The van der Waals surface area contributed by atoms with Crippen molar-refractivity contribution in [2.75, 3.05) is 23.3 Å². The molecule has 3 heterocycles. The molecule has 7 heteroatoms. The van der Waals surface area contributed by atoms with Crippen LogP contribution >= 0.6 is 11.3 Å². The molecule has 1 amide bonds. The first kappa shape index (κ1) is 13.9. The minimum atomic E-state index is 0.0370. The Kier molecular flexibility index (Phi) is 4.10. The van der Waals surface area contributed by atoms with Crippen LogP contribution in [0.3, 0.4) is 0 Å². The fraction of sp³-hybridized carbons (Fsp3) is 0.429. The highest BCUT2D eigenvalue weighted by Gasteiger charge is 2.26. The lowest BCUT2D eigenvalue weighted by atomic mass is 9.96. The number of hydrogen-bond donors (Lipinski definition) is 1. The summed E-state index contributed by atoms with van der Waals surface area (Å²) in [5.74, 6) is 0.860. The molecule has 0 atom stereocenters. The number of piperidine rings is 1. The summed E-state index contributed by atoms with van der Waals surface area (Å²) in [7, 11) is 0. The molecule has 110 valence electrons. The Morgan fingerprint density at radius 3 is 2.81 bits per heavy atom. The average molecular weight is 303 g/mol. The van der Waals surface area contributed by atoms with Crippen molar-refractivity contribution in [3.8, 4) is 0 Å². The van der Waals surface area contributed by atoms with Gasteiger partial charge in [-0.15, -0.1) is 11.3 Å². The largest absolute Gasteiger partial charge is 0.341 e. The summed E-state index contributed by atoms with van der Waals surface area (Å²) in [6.07, 6.45) is 5.10. The summed E-state index contributed by atoms with van der Waals surface area (Å²) in [5.41, 5.74) is 0.962. The van der Waals surface area contributed by atoms with Crippen molar-refractivity contribution in [1.29, 1.82) is 0 Å². The molecule has 2 aromatic heterocycles. The Balaban J connectivity index is 1.56. The quantitative estimate of drug-likeness (QED) is 0.940. The molecule has 1 fully saturated rings. The molecule has 0 radical (unpaired) electrons. The van der Waals surface area contributed by atoms with Gasteiger partial charge < -0.3 is 10.2 Å². The molecule has 6 nitrogen and oxygen atoms in total. The topological polar surface area (TPSA) is 71.0 Å². The molecule has 0 unspecified atom stereocenters. The number of hydrogen-bond acceptors (Lipinski definition) is 6. The first-order valence-corrected chi connectivity index (χ1v) is 7.85. The molecule has 1 N–H and O–H groups in total. The van der Waals surface area contributed by atoms with Crippen LogP contribution in [0.2, 0.25) is 0 Å². The van der Waals surface area contributed by atoms with Crippen molar-refractivity contribution in [2.45, 2.75) is 19.8 Å². The van der Waals surface area contributed by atoms with E-state index in [0.29, 0.717) is 5.13 Å². The van der Waals surface area contributed by atoms with Crippen molar-refractivity contribution < 1.29 is 4.79 Å². The van der Waals surface area contributed by atoms with Gasteiger partial charge in [-0.25, -0.2) is 15.0 Å². The van der Waals surface area contributed by atoms with Crippen LogP contribution in [-0.4, -0.2) is 33.9 Å². The molecule has 21 heavy (non-hydrogen) atoms. The molecule has 2 aromatic rings. The molecule has 1 aliphatic heterocycles. The van der Waals surface area contributed by atoms with Crippen LogP contribution in [0.15, 0.2) is 23.8 Å². The lowest BCUT2D eigenvalue weighted by molar-refractivity contribution is -0.120. The average Bonchev–Trinajstić information content (AvgIpc) is 3.00. The Hall–Kier alpha value is -2.02. The zero-order valence-corrected chi connectivity index (χ0v) is 12.6. The highest BCUT2D eigenvalue weighted by atomic mass is 32.1. The van der Waals surface area contributed by atoms with Crippen LogP contribution < -0.4 is 10.2 Å². The molecule has 0 saturated carbocycles. The SMILES string of the molecule is Cc1ccnc(N2CCC(C(=O)Nc3nccs3)CC2)n1. The van der Waals surface area contributed by atoms with E-state index in [2.05, 4.69) is 25.2 Å². The lowest BCUT2D eigenvalue weighted by Gasteiger charge is -2.31. The summed E-state index contributed by atoms with van der Waals surface area (Å²) < 4.78 is 0. The minimum Gasteiger partial charge on any atom is -0.341 e. The highest BCUT2D eigenvalue weighted by molar-refractivity contribution is 7.13. The van der Waals surface area contributed by atoms with Gasteiger partial charge in [-0.05, 0) is 25.8 Å². The van der Waals surface area contributed by atoms with Gasteiger partial charge in [-0.1, -0.05) is 0 Å². The summed E-state index contributed by atoms with van der Waals surface area (Å²) in [6.45, 7) is 3.57. The fourth-order valence-corrected chi connectivity index (χ4v) is 2.95. The predicted octanol–water partition coefficient (Wildman–Crippen LogP) is 2.10. The summed E-state index contributed by atoms with van der Waals surface area (Å²) in [5, 5.41) is 5.40. The van der Waals surface area contributed by atoms with E-state index in [9.17, 15) is 4.79 Å². The molecule has 0 aromatic carbocycles. The molecule has 1 aliphatic rings. The zero-order valence-electron chi connectivity index (χ0n) is 11.8. The minimum absolute atomic E-state index is 0.0370. The summed E-state index contributed by atoms with van der Waals surface area (Å²) in [6, 6.07) is 1.89. The Morgan fingerprint density at radius 1 is 1.33 bits per heavy atom. The standard InChI is InChI=1S/C14H17N5OS/c1-10-2-5-15-13(17-10)19-7-3-11(4-8-19)12(20)18-14-16-6-9-21-14/h2,5-6,9,11H,3-4,7-8H2,1H3,(H,16,18,20). The maximum atomic E-state index is 12.2. The van der Waals surface area contributed by atoms with Gasteiger partial charge in [0, 0.05) is 42.5 Å². The number of thiazole rings is 1. The smallest absolute Gasteiger partial charge is 0.229 e. The van der Waals surface area contributed by atoms with Crippen LogP contribution in [0, 0.1) is 12.8 Å². The van der Waals surface area contributed by atoms with Gasteiger partial charge >= 0.3 is 0 Å². The van der Waals surface area contributed by atoms with Crippen LogP contribution in [0.1, 0.15) is 18.5 Å². The molecule has 1 saturated heterocycles. The van der Waals surface area contributed by atoms with Gasteiger partial charge in [0.25, 0.3) is 0 Å².